The maximum absolute atomic E-state index is 11.7. The van der Waals surface area contributed by atoms with E-state index in [0.29, 0.717) is 22.4 Å². The van der Waals surface area contributed by atoms with Crippen molar-refractivity contribution >= 4 is 46.8 Å². The molecule has 0 heterocycles. The Bertz CT molecular complexity index is 548. The van der Waals surface area contributed by atoms with Gasteiger partial charge < -0.3 is 0 Å². The molecule has 1 fully saturated rings. The monoisotopic (exact) mass is 360 g/mol. The van der Waals surface area contributed by atoms with Crippen LogP contribution in [0.2, 0.25) is 10.0 Å². The van der Waals surface area contributed by atoms with Gasteiger partial charge in [0.25, 0.3) is 0 Å². The van der Waals surface area contributed by atoms with Gasteiger partial charge in [0.1, 0.15) is 0 Å². The first-order valence-electron chi connectivity index (χ1n) is 7.20. The zero-order chi connectivity index (χ0) is 15.9. The SMILES string of the molecule is O=C(CSc1cc(Cl)ccc1Cl)NNC(=O)CC1CCCC1. The fraction of sp³-hybridized carbons (Fsp3) is 0.467. The van der Waals surface area contributed by atoms with Gasteiger partial charge in [0.05, 0.1) is 10.8 Å². The molecule has 1 aliphatic rings. The number of nitrogens with one attached hydrogen (secondary N) is 2. The standard InChI is InChI=1S/C15H18Cl2N2O2S/c16-11-5-6-12(17)13(8-11)22-9-15(21)19-18-14(20)7-10-3-1-2-4-10/h5-6,8,10H,1-4,7,9H2,(H,18,20)(H,19,21). The quantitative estimate of drug-likeness (QED) is 0.619. The number of carbonyl (C=O) groups excluding carboxylic acids is 2. The Morgan fingerprint density at radius 1 is 1.14 bits per heavy atom. The fourth-order valence-electron chi connectivity index (χ4n) is 2.43. The van der Waals surface area contributed by atoms with Gasteiger partial charge in [-0.3, -0.25) is 20.4 Å². The van der Waals surface area contributed by atoms with E-state index >= 15 is 0 Å². The Hall–Kier alpha value is -0.910. The third-order valence-corrected chi connectivity index (χ3v) is 5.27. The summed E-state index contributed by atoms with van der Waals surface area (Å²) in [5.41, 5.74) is 4.89. The van der Waals surface area contributed by atoms with E-state index in [1.807, 2.05) is 0 Å². The van der Waals surface area contributed by atoms with Crippen molar-refractivity contribution in [1.82, 2.24) is 10.9 Å². The van der Waals surface area contributed by atoms with E-state index in [2.05, 4.69) is 10.9 Å². The molecule has 1 aromatic carbocycles. The summed E-state index contributed by atoms with van der Waals surface area (Å²) in [6, 6.07) is 5.09. The molecule has 120 valence electrons. The van der Waals surface area contributed by atoms with Crippen LogP contribution in [0.5, 0.6) is 0 Å². The van der Waals surface area contributed by atoms with Crippen molar-refractivity contribution in [2.45, 2.75) is 37.0 Å². The number of hydrogen-bond acceptors (Lipinski definition) is 3. The van der Waals surface area contributed by atoms with Crippen molar-refractivity contribution in [2.24, 2.45) is 5.92 Å². The normalized spacial score (nSPS) is 14.8. The molecule has 2 N–H and O–H groups in total. The molecule has 22 heavy (non-hydrogen) atoms. The van der Waals surface area contributed by atoms with Gasteiger partial charge in [0.15, 0.2) is 0 Å². The Balaban J connectivity index is 1.69. The minimum absolute atomic E-state index is 0.133. The molecule has 0 aromatic heterocycles. The predicted octanol–water partition coefficient (Wildman–Crippen LogP) is 3.81. The Kier molecular flexibility index (Phi) is 6.86. The van der Waals surface area contributed by atoms with E-state index in [-0.39, 0.29) is 17.6 Å². The van der Waals surface area contributed by atoms with Crippen molar-refractivity contribution < 1.29 is 9.59 Å². The zero-order valence-electron chi connectivity index (χ0n) is 12.0. The second-order valence-electron chi connectivity index (χ2n) is 5.31. The van der Waals surface area contributed by atoms with Crippen LogP contribution in [0.25, 0.3) is 0 Å². The number of thioether (sulfide) groups is 1. The van der Waals surface area contributed by atoms with E-state index in [0.717, 1.165) is 17.7 Å². The van der Waals surface area contributed by atoms with Gasteiger partial charge in [-0.1, -0.05) is 36.0 Å². The highest BCUT2D eigenvalue weighted by Crippen LogP contribution is 2.29. The lowest BCUT2D eigenvalue weighted by Crippen LogP contribution is -2.43. The van der Waals surface area contributed by atoms with Crippen LogP contribution < -0.4 is 10.9 Å². The summed E-state index contributed by atoms with van der Waals surface area (Å²) in [4.78, 5) is 24.2. The minimum Gasteiger partial charge on any atom is -0.273 e. The van der Waals surface area contributed by atoms with Gasteiger partial charge in [0.2, 0.25) is 11.8 Å². The highest BCUT2D eigenvalue weighted by molar-refractivity contribution is 8.00. The third-order valence-electron chi connectivity index (χ3n) is 3.54. The summed E-state index contributed by atoms with van der Waals surface area (Å²) in [7, 11) is 0. The zero-order valence-corrected chi connectivity index (χ0v) is 14.4. The molecular weight excluding hydrogens is 343 g/mol. The van der Waals surface area contributed by atoms with Crippen LogP contribution in [0.4, 0.5) is 0 Å². The smallest absolute Gasteiger partial charge is 0.248 e. The number of amides is 2. The van der Waals surface area contributed by atoms with Crippen molar-refractivity contribution in [3.8, 4) is 0 Å². The molecule has 1 aliphatic carbocycles. The first-order chi connectivity index (χ1) is 10.5. The van der Waals surface area contributed by atoms with Crippen LogP contribution >= 0.6 is 35.0 Å². The second-order valence-corrected chi connectivity index (χ2v) is 7.18. The highest BCUT2D eigenvalue weighted by atomic mass is 35.5. The number of rotatable bonds is 5. The fourth-order valence-corrected chi connectivity index (χ4v) is 3.73. The van der Waals surface area contributed by atoms with E-state index in [1.54, 1.807) is 18.2 Å². The van der Waals surface area contributed by atoms with E-state index in [4.69, 9.17) is 23.2 Å². The summed E-state index contributed by atoms with van der Waals surface area (Å²) in [6.07, 6.45) is 5.07. The number of benzene rings is 1. The van der Waals surface area contributed by atoms with Gasteiger partial charge in [0, 0.05) is 16.3 Å². The topological polar surface area (TPSA) is 58.2 Å². The average molecular weight is 361 g/mol. The molecular formula is C15H18Cl2N2O2S. The van der Waals surface area contributed by atoms with Crippen LogP contribution in [0.15, 0.2) is 23.1 Å². The molecule has 0 unspecified atom stereocenters. The molecule has 4 nitrogen and oxygen atoms in total. The van der Waals surface area contributed by atoms with Crippen molar-refractivity contribution in [3.05, 3.63) is 28.2 Å². The predicted molar refractivity (Wildman–Crippen MR) is 90.0 cm³/mol. The van der Waals surface area contributed by atoms with Crippen LogP contribution in [0, 0.1) is 5.92 Å². The third kappa shape index (κ3) is 5.71. The minimum atomic E-state index is -0.277. The summed E-state index contributed by atoms with van der Waals surface area (Å²) in [5.74, 6) is 0.201. The van der Waals surface area contributed by atoms with Crippen molar-refractivity contribution in [2.75, 3.05) is 5.75 Å². The van der Waals surface area contributed by atoms with Gasteiger partial charge in [-0.2, -0.15) is 0 Å². The molecule has 0 saturated heterocycles. The lowest BCUT2D eigenvalue weighted by atomic mass is 10.0. The first kappa shape index (κ1) is 17.4. The molecule has 0 aliphatic heterocycles. The molecule has 7 heteroatoms. The van der Waals surface area contributed by atoms with Gasteiger partial charge in [-0.25, -0.2) is 0 Å². The molecule has 0 bridgehead atoms. The van der Waals surface area contributed by atoms with Gasteiger partial charge >= 0.3 is 0 Å². The molecule has 2 rings (SSSR count). The first-order valence-corrected chi connectivity index (χ1v) is 8.94. The number of carbonyl (C=O) groups is 2. The molecule has 2 amide bonds. The summed E-state index contributed by atoms with van der Waals surface area (Å²) in [5, 5.41) is 1.12. The van der Waals surface area contributed by atoms with E-state index < -0.39 is 0 Å². The number of halogens is 2. The molecule has 0 radical (unpaired) electrons. The van der Waals surface area contributed by atoms with Crippen LogP contribution in [-0.4, -0.2) is 17.6 Å². The van der Waals surface area contributed by atoms with Gasteiger partial charge in [-0.05, 0) is 37.0 Å². The lowest BCUT2D eigenvalue weighted by Gasteiger charge is -2.10. The Morgan fingerprint density at radius 3 is 2.55 bits per heavy atom. The maximum Gasteiger partial charge on any atom is 0.248 e. The van der Waals surface area contributed by atoms with E-state index in [1.165, 1.54) is 24.6 Å². The van der Waals surface area contributed by atoms with Crippen LogP contribution in [0.1, 0.15) is 32.1 Å². The molecule has 0 spiro atoms. The summed E-state index contributed by atoms with van der Waals surface area (Å²) >= 11 is 13.2. The Labute approximate surface area is 144 Å². The second kappa shape index (κ2) is 8.65. The van der Waals surface area contributed by atoms with E-state index in [9.17, 15) is 9.59 Å². The number of hydrogen-bond donors (Lipinski definition) is 2. The Morgan fingerprint density at radius 2 is 1.82 bits per heavy atom. The van der Waals surface area contributed by atoms with Gasteiger partial charge in [-0.15, -0.1) is 11.8 Å². The maximum atomic E-state index is 11.7. The highest BCUT2D eigenvalue weighted by Gasteiger charge is 2.18. The van der Waals surface area contributed by atoms with Crippen LogP contribution in [0.3, 0.4) is 0 Å². The molecule has 1 aromatic rings. The number of hydrazine groups is 1. The molecule has 0 atom stereocenters. The van der Waals surface area contributed by atoms with Crippen molar-refractivity contribution in [1.29, 1.82) is 0 Å². The lowest BCUT2D eigenvalue weighted by molar-refractivity contribution is -0.128. The van der Waals surface area contributed by atoms with Crippen LogP contribution in [-0.2, 0) is 9.59 Å². The van der Waals surface area contributed by atoms with Crippen molar-refractivity contribution in [3.63, 3.8) is 0 Å². The molecule has 1 saturated carbocycles. The largest absolute Gasteiger partial charge is 0.273 e. The average Bonchev–Trinajstić information content (AvgIpc) is 2.99. The summed E-state index contributed by atoms with van der Waals surface area (Å²) < 4.78 is 0. The summed E-state index contributed by atoms with van der Waals surface area (Å²) in [6.45, 7) is 0.